The first-order valence-electron chi connectivity index (χ1n) is 11.0. The van der Waals surface area contributed by atoms with Crippen molar-refractivity contribution in [2.75, 3.05) is 36.8 Å². The molecule has 32 heavy (non-hydrogen) atoms. The SMILES string of the molecule is O=C(Nc1ccccc1)Nc1ccc(-c2ccc(C(=O)N3CCN4CCC3CC4)o2)cc1. The van der Waals surface area contributed by atoms with E-state index in [1.807, 2.05) is 65.6 Å². The van der Waals surface area contributed by atoms with Gasteiger partial charge in [-0.3, -0.25) is 4.79 Å². The van der Waals surface area contributed by atoms with Gasteiger partial charge in [-0.2, -0.15) is 0 Å². The Morgan fingerprint density at radius 1 is 0.781 bits per heavy atom. The van der Waals surface area contributed by atoms with Crippen molar-refractivity contribution in [3.63, 3.8) is 0 Å². The first-order chi connectivity index (χ1) is 15.7. The number of fused-ring (bicyclic) bond motifs is 4. The molecule has 164 valence electrons. The molecule has 0 radical (unpaired) electrons. The molecule has 3 amide bonds. The molecule has 0 atom stereocenters. The fourth-order valence-corrected chi connectivity index (χ4v) is 4.44. The Hall–Kier alpha value is -3.58. The summed E-state index contributed by atoms with van der Waals surface area (Å²) in [5.41, 5.74) is 2.24. The van der Waals surface area contributed by atoms with Gasteiger partial charge in [-0.1, -0.05) is 18.2 Å². The third-order valence-corrected chi connectivity index (χ3v) is 6.19. The number of hydrogen-bond acceptors (Lipinski definition) is 4. The van der Waals surface area contributed by atoms with Gasteiger partial charge in [0.15, 0.2) is 5.76 Å². The van der Waals surface area contributed by atoms with Gasteiger partial charge in [-0.15, -0.1) is 0 Å². The highest BCUT2D eigenvalue weighted by molar-refractivity contribution is 5.99. The molecule has 4 heterocycles. The second kappa shape index (κ2) is 8.88. The highest BCUT2D eigenvalue weighted by Crippen LogP contribution is 2.27. The standard InChI is InChI=1S/C25H26N4O3/c30-24(29-17-16-28-14-12-21(29)13-15-28)23-11-10-22(32-23)18-6-8-20(9-7-18)27-25(31)26-19-4-2-1-3-5-19/h1-11,21H,12-17H2,(H2,26,27,31). The predicted octanol–water partition coefficient (Wildman–Crippen LogP) is 4.51. The molecule has 2 N–H and O–H groups in total. The van der Waals surface area contributed by atoms with E-state index in [1.165, 1.54) is 0 Å². The highest BCUT2D eigenvalue weighted by Gasteiger charge is 2.33. The molecule has 7 heteroatoms. The number of furan rings is 1. The van der Waals surface area contributed by atoms with Crippen molar-refractivity contribution in [2.45, 2.75) is 18.9 Å². The van der Waals surface area contributed by atoms with Crippen LogP contribution in [0, 0.1) is 0 Å². The number of carbonyl (C=O) groups is 2. The van der Waals surface area contributed by atoms with Crippen LogP contribution in [-0.2, 0) is 0 Å². The highest BCUT2D eigenvalue weighted by atomic mass is 16.4. The molecule has 1 aromatic heterocycles. The third-order valence-electron chi connectivity index (χ3n) is 6.19. The number of rotatable bonds is 4. The smallest absolute Gasteiger partial charge is 0.323 e. The maximum absolute atomic E-state index is 13.1. The van der Waals surface area contributed by atoms with Crippen LogP contribution in [0.5, 0.6) is 0 Å². The van der Waals surface area contributed by atoms with Crippen molar-refractivity contribution in [2.24, 2.45) is 0 Å². The Bertz CT molecular complexity index is 1090. The number of nitrogens with zero attached hydrogens (tertiary/aromatic N) is 2. The van der Waals surface area contributed by atoms with E-state index in [9.17, 15) is 9.59 Å². The van der Waals surface area contributed by atoms with Crippen LogP contribution < -0.4 is 10.6 Å². The Kier molecular flexibility index (Phi) is 5.64. The molecule has 0 saturated carbocycles. The van der Waals surface area contributed by atoms with E-state index in [0.29, 0.717) is 23.2 Å². The van der Waals surface area contributed by atoms with Crippen molar-refractivity contribution >= 4 is 23.3 Å². The molecule has 3 aromatic rings. The number of anilines is 2. The van der Waals surface area contributed by atoms with Crippen molar-refractivity contribution in [1.29, 1.82) is 0 Å². The lowest BCUT2D eigenvalue weighted by atomic mass is 10.1. The summed E-state index contributed by atoms with van der Waals surface area (Å²) in [4.78, 5) is 29.6. The van der Waals surface area contributed by atoms with Crippen LogP contribution in [0.25, 0.3) is 11.3 Å². The minimum Gasteiger partial charge on any atom is -0.451 e. The average molecular weight is 431 g/mol. The molecule has 0 unspecified atom stereocenters. The van der Waals surface area contributed by atoms with Gasteiger partial charge in [-0.25, -0.2) is 4.79 Å². The normalized spacial score (nSPS) is 19.9. The van der Waals surface area contributed by atoms with Crippen LogP contribution in [0.3, 0.4) is 0 Å². The summed E-state index contributed by atoms with van der Waals surface area (Å²) in [6, 6.07) is 20.2. The topological polar surface area (TPSA) is 77.8 Å². The molecule has 0 aliphatic carbocycles. The summed E-state index contributed by atoms with van der Waals surface area (Å²) >= 11 is 0. The largest absolute Gasteiger partial charge is 0.451 e. The maximum atomic E-state index is 13.1. The summed E-state index contributed by atoms with van der Waals surface area (Å²) in [5, 5.41) is 5.60. The van der Waals surface area contributed by atoms with Gasteiger partial charge in [-0.05, 0) is 61.4 Å². The van der Waals surface area contributed by atoms with Gasteiger partial charge in [0.2, 0.25) is 0 Å². The molecular formula is C25H26N4O3. The first kappa shape index (κ1) is 20.3. The quantitative estimate of drug-likeness (QED) is 0.638. The van der Waals surface area contributed by atoms with Gasteiger partial charge in [0.05, 0.1) is 0 Å². The van der Waals surface area contributed by atoms with E-state index in [4.69, 9.17) is 4.42 Å². The first-order valence-corrected chi connectivity index (χ1v) is 11.0. The van der Waals surface area contributed by atoms with Crippen LogP contribution >= 0.6 is 0 Å². The predicted molar refractivity (Wildman–Crippen MR) is 124 cm³/mol. The maximum Gasteiger partial charge on any atom is 0.323 e. The number of benzene rings is 2. The molecule has 0 spiro atoms. The average Bonchev–Trinajstić information content (AvgIpc) is 3.12. The Morgan fingerprint density at radius 3 is 2.19 bits per heavy atom. The zero-order chi connectivity index (χ0) is 21.9. The Morgan fingerprint density at radius 2 is 1.47 bits per heavy atom. The molecule has 2 aromatic carbocycles. The summed E-state index contributed by atoms with van der Waals surface area (Å²) in [7, 11) is 0. The molecule has 7 nitrogen and oxygen atoms in total. The zero-order valence-electron chi connectivity index (χ0n) is 17.8. The number of amides is 3. The second-order valence-corrected chi connectivity index (χ2v) is 8.26. The van der Waals surface area contributed by atoms with Gasteiger partial charge in [0.1, 0.15) is 5.76 Å². The number of piperidine rings is 1. The molecular weight excluding hydrogens is 404 g/mol. The van der Waals surface area contributed by atoms with E-state index < -0.39 is 0 Å². The number of carbonyl (C=O) groups excluding carboxylic acids is 2. The fourth-order valence-electron chi connectivity index (χ4n) is 4.44. The number of nitrogens with one attached hydrogen (secondary N) is 2. The number of urea groups is 1. The Balaban J connectivity index is 1.23. The van der Waals surface area contributed by atoms with Crippen molar-refractivity contribution in [1.82, 2.24) is 9.80 Å². The molecule has 3 fully saturated rings. The van der Waals surface area contributed by atoms with Crippen LogP contribution in [0.15, 0.2) is 71.1 Å². The molecule has 3 aliphatic rings. The minimum atomic E-state index is -0.308. The summed E-state index contributed by atoms with van der Waals surface area (Å²) in [6.45, 7) is 3.83. The molecule has 6 rings (SSSR count). The number of hydrogen-bond donors (Lipinski definition) is 2. The van der Waals surface area contributed by atoms with E-state index in [0.717, 1.165) is 50.3 Å². The van der Waals surface area contributed by atoms with Crippen LogP contribution in [-0.4, -0.2) is 54.0 Å². The van der Waals surface area contributed by atoms with Gasteiger partial charge in [0, 0.05) is 49.2 Å². The van der Waals surface area contributed by atoms with E-state index in [2.05, 4.69) is 15.5 Å². The monoisotopic (exact) mass is 430 g/mol. The van der Waals surface area contributed by atoms with Crippen molar-refractivity contribution in [3.05, 3.63) is 72.5 Å². The van der Waals surface area contributed by atoms with Crippen LogP contribution in [0.1, 0.15) is 23.4 Å². The summed E-state index contributed by atoms with van der Waals surface area (Å²) in [5.74, 6) is 0.988. The lowest BCUT2D eigenvalue weighted by Crippen LogP contribution is -2.41. The van der Waals surface area contributed by atoms with Crippen molar-refractivity contribution < 1.29 is 14.0 Å². The molecule has 3 aliphatic heterocycles. The lowest BCUT2D eigenvalue weighted by Gasteiger charge is -2.30. The fraction of sp³-hybridized carbons (Fsp3) is 0.280. The minimum absolute atomic E-state index is 0.0270. The van der Waals surface area contributed by atoms with Gasteiger partial charge < -0.3 is 24.9 Å². The van der Waals surface area contributed by atoms with Crippen molar-refractivity contribution in [3.8, 4) is 11.3 Å². The van der Waals surface area contributed by atoms with E-state index in [1.54, 1.807) is 6.07 Å². The molecule has 3 saturated heterocycles. The lowest BCUT2D eigenvalue weighted by molar-refractivity contribution is 0.0653. The van der Waals surface area contributed by atoms with Gasteiger partial charge in [0.25, 0.3) is 5.91 Å². The zero-order valence-corrected chi connectivity index (χ0v) is 17.8. The van der Waals surface area contributed by atoms with Gasteiger partial charge >= 0.3 is 6.03 Å². The van der Waals surface area contributed by atoms with E-state index in [-0.39, 0.29) is 11.9 Å². The molecule has 2 bridgehead atoms. The summed E-state index contributed by atoms with van der Waals surface area (Å²) < 4.78 is 5.93. The van der Waals surface area contributed by atoms with Crippen LogP contribution in [0.2, 0.25) is 0 Å². The second-order valence-electron chi connectivity index (χ2n) is 8.26. The van der Waals surface area contributed by atoms with Crippen LogP contribution in [0.4, 0.5) is 16.2 Å². The Labute approximate surface area is 187 Å². The summed E-state index contributed by atoms with van der Waals surface area (Å²) in [6.07, 6.45) is 2.07. The number of para-hydroxylation sites is 1. The van der Waals surface area contributed by atoms with E-state index >= 15 is 0 Å². The third kappa shape index (κ3) is 4.38.